The standard InChI is InChI=1S/C17H21FN2O2/c1-13-2-4-14(5-3-13)20-12-17(10-16(20)22)7-9-19(11-17)15(21)6-8-18/h2-5H,6-12H2,1H3. The van der Waals surface area contributed by atoms with Crippen LogP contribution in [0.2, 0.25) is 0 Å². The highest BCUT2D eigenvalue weighted by molar-refractivity contribution is 5.96. The number of alkyl halides is 1. The molecular weight excluding hydrogens is 283 g/mol. The Hall–Kier alpha value is -1.91. The van der Waals surface area contributed by atoms with Crippen LogP contribution in [0.25, 0.3) is 0 Å². The second-order valence-electron chi connectivity index (χ2n) is 6.50. The third-order valence-electron chi connectivity index (χ3n) is 4.77. The first-order valence-corrected chi connectivity index (χ1v) is 7.74. The third-order valence-corrected chi connectivity index (χ3v) is 4.77. The van der Waals surface area contributed by atoms with Gasteiger partial charge in [-0.05, 0) is 25.5 Å². The van der Waals surface area contributed by atoms with Gasteiger partial charge in [0.25, 0.3) is 0 Å². The number of nitrogens with zero attached hydrogens (tertiary/aromatic N) is 2. The molecule has 1 unspecified atom stereocenters. The molecule has 3 rings (SSSR count). The topological polar surface area (TPSA) is 40.6 Å². The second-order valence-corrected chi connectivity index (χ2v) is 6.50. The van der Waals surface area contributed by atoms with Gasteiger partial charge in [-0.15, -0.1) is 0 Å². The van der Waals surface area contributed by atoms with E-state index in [9.17, 15) is 14.0 Å². The Balaban J connectivity index is 1.72. The molecule has 2 aliphatic heterocycles. The lowest BCUT2D eigenvalue weighted by atomic mass is 9.86. The van der Waals surface area contributed by atoms with Gasteiger partial charge >= 0.3 is 0 Å². The third kappa shape index (κ3) is 2.72. The van der Waals surface area contributed by atoms with E-state index >= 15 is 0 Å². The van der Waals surface area contributed by atoms with Gasteiger partial charge in [0.15, 0.2) is 0 Å². The maximum atomic E-state index is 12.4. The summed E-state index contributed by atoms with van der Waals surface area (Å²) in [5.41, 5.74) is 1.92. The first kappa shape index (κ1) is 15.0. The molecule has 2 amide bonds. The van der Waals surface area contributed by atoms with Crippen molar-refractivity contribution in [2.24, 2.45) is 5.41 Å². The number of aryl methyl sites for hydroxylation is 1. The molecule has 1 atom stereocenters. The van der Waals surface area contributed by atoms with Crippen LogP contribution in [0.4, 0.5) is 10.1 Å². The van der Waals surface area contributed by atoms with Crippen molar-refractivity contribution in [3.05, 3.63) is 29.8 Å². The fourth-order valence-electron chi connectivity index (χ4n) is 3.52. The number of likely N-dealkylation sites (tertiary alicyclic amines) is 1. The van der Waals surface area contributed by atoms with Crippen LogP contribution in [-0.4, -0.2) is 43.0 Å². The van der Waals surface area contributed by atoms with Crippen molar-refractivity contribution in [1.29, 1.82) is 0 Å². The molecule has 2 saturated heterocycles. The quantitative estimate of drug-likeness (QED) is 0.860. The van der Waals surface area contributed by atoms with E-state index in [0.29, 0.717) is 26.1 Å². The highest BCUT2D eigenvalue weighted by atomic mass is 19.1. The van der Waals surface area contributed by atoms with E-state index in [4.69, 9.17) is 0 Å². The molecule has 2 heterocycles. The van der Waals surface area contributed by atoms with Gasteiger partial charge in [-0.25, -0.2) is 0 Å². The van der Waals surface area contributed by atoms with E-state index in [-0.39, 0.29) is 23.7 Å². The molecule has 0 aromatic heterocycles. The SMILES string of the molecule is Cc1ccc(N2CC3(CCN(C(=O)CCF)C3)CC2=O)cc1. The molecule has 22 heavy (non-hydrogen) atoms. The molecule has 5 heteroatoms. The molecule has 0 bridgehead atoms. The molecule has 1 aromatic rings. The number of anilines is 1. The summed E-state index contributed by atoms with van der Waals surface area (Å²) in [4.78, 5) is 27.8. The molecular formula is C17H21FN2O2. The highest BCUT2D eigenvalue weighted by Gasteiger charge is 2.48. The van der Waals surface area contributed by atoms with Crippen LogP contribution in [-0.2, 0) is 9.59 Å². The van der Waals surface area contributed by atoms with Crippen LogP contribution in [0, 0.1) is 12.3 Å². The number of halogens is 1. The van der Waals surface area contributed by atoms with Gasteiger partial charge in [0.1, 0.15) is 0 Å². The molecule has 1 spiro atoms. The van der Waals surface area contributed by atoms with Gasteiger partial charge in [-0.1, -0.05) is 17.7 Å². The van der Waals surface area contributed by atoms with Gasteiger partial charge in [-0.2, -0.15) is 0 Å². The van der Waals surface area contributed by atoms with Gasteiger partial charge in [-0.3, -0.25) is 14.0 Å². The van der Waals surface area contributed by atoms with E-state index in [0.717, 1.165) is 17.7 Å². The summed E-state index contributed by atoms with van der Waals surface area (Å²) in [6, 6.07) is 7.93. The van der Waals surface area contributed by atoms with E-state index < -0.39 is 6.67 Å². The second kappa shape index (κ2) is 5.71. The molecule has 118 valence electrons. The number of benzene rings is 1. The molecule has 0 radical (unpaired) electrons. The summed E-state index contributed by atoms with van der Waals surface area (Å²) in [5, 5.41) is 0. The molecule has 0 aliphatic carbocycles. The maximum absolute atomic E-state index is 12.4. The van der Waals surface area contributed by atoms with Gasteiger partial charge < -0.3 is 9.80 Å². The minimum atomic E-state index is -0.614. The molecule has 0 N–H and O–H groups in total. The Kier molecular flexibility index (Phi) is 3.89. The Bertz CT molecular complexity index is 587. The summed E-state index contributed by atoms with van der Waals surface area (Å²) in [5.74, 6) is -0.0238. The Labute approximate surface area is 129 Å². The molecule has 2 aliphatic rings. The predicted octanol–water partition coefficient (Wildman–Crippen LogP) is 2.31. The van der Waals surface area contributed by atoms with Crippen molar-refractivity contribution in [1.82, 2.24) is 4.90 Å². The van der Waals surface area contributed by atoms with Crippen molar-refractivity contribution >= 4 is 17.5 Å². The lowest BCUT2D eigenvalue weighted by molar-refractivity contribution is -0.131. The fourth-order valence-corrected chi connectivity index (χ4v) is 3.52. The summed E-state index contributed by atoms with van der Waals surface area (Å²) in [6.45, 7) is 3.25. The van der Waals surface area contributed by atoms with Crippen LogP contribution >= 0.6 is 0 Å². The molecule has 0 saturated carbocycles. The number of rotatable bonds is 3. The minimum absolute atomic E-state index is 0.0499. The number of carbonyl (C=O) groups is 2. The van der Waals surface area contributed by atoms with Crippen LogP contribution < -0.4 is 4.90 Å². The smallest absolute Gasteiger partial charge is 0.227 e. The Morgan fingerprint density at radius 3 is 2.68 bits per heavy atom. The van der Waals surface area contributed by atoms with Crippen LogP contribution in [0.1, 0.15) is 24.8 Å². The summed E-state index contributed by atoms with van der Waals surface area (Å²) in [7, 11) is 0. The van der Waals surface area contributed by atoms with Crippen molar-refractivity contribution in [3.63, 3.8) is 0 Å². The monoisotopic (exact) mass is 304 g/mol. The highest BCUT2D eigenvalue weighted by Crippen LogP contribution is 2.41. The summed E-state index contributed by atoms with van der Waals surface area (Å²) < 4.78 is 12.3. The van der Waals surface area contributed by atoms with Crippen molar-refractivity contribution in [3.8, 4) is 0 Å². The van der Waals surface area contributed by atoms with Crippen LogP contribution in [0.3, 0.4) is 0 Å². The first-order chi connectivity index (χ1) is 10.5. The van der Waals surface area contributed by atoms with E-state index in [2.05, 4.69) is 0 Å². The summed E-state index contributed by atoms with van der Waals surface area (Å²) >= 11 is 0. The average molecular weight is 304 g/mol. The lowest BCUT2D eigenvalue weighted by Gasteiger charge is -2.24. The van der Waals surface area contributed by atoms with Crippen molar-refractivity contribution in [2.45, 2.75) is 26.2 Å². The number of hydrogen-bond donors (Lipinski definition) is 0. The van der Waals surface area contributed by atoms with Gasteiger partial charge in [0.2, 0.25) is 11.8 Å². The minimum Gasteiger partial charge on any atom is -0.342 e. The average Bonchev–Trinajstić information content (AvgIpc) is 3.04. The van der Waals surface area contributed by atoms with Crippen LogP contribution in [0.5, 0.6) is 0 Å². The summed E-state index contributed by atoms with van der Waals surface area (Å²) in [6.07, 6.45) is 1.24. The molecule has 2 fully saturated rings. The molecule has 1 aromatic carbocycles. The fraction of sp³-hybridized carbons (Fsp3) is 0.529. The Morgan fingerprint density at radius 1 is 1.27 bits per heavy atom. The maximum Gasteiger partial charge on any atom is 0.227 e. The number of amides is 2. The molecule has 4 nitrogen and oxygen atoms in total. The van der Waals surface area contributed by atoms with Gasteiger partial charge in [0, 0.05) is 37.2 Å². The Morgan fingerprint density at radius 2 is 2.00 bits per heavy atom. The normalized spacial score (nSPS) is 24.5. The van der Waals surface area contributed by atoms with Crippen LogP contribution in [0.15, 0.2) is 24.3 Å². The number of carbonyl (C=O) groups excluding carboxylic acids is 2. The van der Waals surface area contributed by atoms with Crippen molar-refractivity contribution in [2.75, 3.05) is 31.2 Å². The first-order valence-electron chi connectivity index (χ1n) is 7.74. The largest absolute Gasteiger partial charge is 0.342 e. The van der Waals surface area contributed by atoms with E-state index in [1.807, 2.05) is 36.1 Å². The van der Waals surface area contributed by atoms with Gasteiger partial charge in [0.05, 0.1) is 13.1 Å². The zero-order valence-corrected chi connectivity index (χ0v) is 12.8. The zero-order valence-electron chi connectivity index (χ0n) is 12.8. The zero-order chi connectivity index (χ0) is 15.7. The number of hydrogen-bond acceptors (Lipinski definition) is 2. The predicted molar refractivity (Wildman–Crippen MR) is 82.4 cm³/mol. The van der Waals surface area contributed by atoms with Crippen molar-refractivity contribution < 1.29 is 14.0 Å². The van der Waals surface area contributed by atoms with E-state index in [1.165, 1.54) is 0 Å². The lowest BCUT2D eigenvalue weighted by Crippen LogP contribution is -2.34. The van der Waals surface area contributed by atoms with E-state index in [1.54, 1.807) is 4.90 Å².